The first-order valence-electron chi connectivity index (χ1n) is 5.28. The van der Waals surface area contributed by atoms with Crippen molar-refractivity contribution in [3.8, 4) is 0 Å². The van der Waals surface area contributed by atoms with Crippen LogP contribution in [0.3, 0.4) is 0 Å². The lowest BCUT2D eigenvalue weighted by Crippen LogP contribution is -1.99. The summed E-state index contributed by atoms with van der Waals surface area (Å²) in [4.78, 5) is 9.14. The molecule has 1 aromatic heterocycles. The summed E-state index contributed by atoms with van der Waals surface area (Å²) in [6.45, 7) is 2.14. The summed E-state index contributed by atoms with van der Waals surface area (Å²) in [5.41, 5.74) is 5.03. The second-order valence-corrected chi connectivity index (χ2v) is 4.24. The van der Waals surface area contributed by atoms with Gasteiger partial charge in [0.15, 0.2) is 0 Å². The van der Waals surface area contributed by atoms with Gasteiger partial charge in [-0.05, 0) is 24.1 Å². The number of nitrogens with zero attached hydrogens (tertiary/aromatic N) is 2. The molecule has 1 aromatic carbocycles. The lowest BCUT2D eigenvalue weighted by molar-refractivity contribution is 1.07. The Morgan fingerprint density at radius 3 is 2.19 bits per heavy atom. The molecule has 2 nitrogen and oxygen atoms in total. The Bertz CT molecular complexity index is 512. The van der Waals surface area contributed by atoms with Gasteiger partial charge in [0, 0.05) is 11.5 Å². The number of rotatable bonds is 3. The summed E-state index contributed by atoms with van der Waals surface area (Å²) in [7, 11) is 0. The first-order valence-corrected chi connectivity index (χ1v) is 6.55. The monoisotopic (exact) mass is 250 g/mol. The van der Waals surface area contributed by atoms with Crippen LogP contribution in [0, 0.1) is 0 Å². The zero-order chi connectivity index (χ0) is 11.5. The average Bonchev–Trinajstić information content (AvgIpc) is 2.36. The van der Waals surface area contributed by atoms with Gasteiger partial charge in [-0.1, -0.05) is 13.0 Å². The van der Waals surface area contributed by atoms with E-state index in [0.29, 0.717) is 11.5 Å². The van der Waals surface area contributed by atoms with Crippen LogP contribution in [0.15, 0.2) is 18.2 Å². The SMILES string of the molecule is CCc1ccc2nc(CS)c(CS)nc2c1. The fourth-order valence-corrected chi connectivity index (χ4v) is 2.15. The van der Waals surface area contributed by atoms with Crippen molar-refractivity contribution in [1.82, 2.24) is 9.97 Å². The molecular weight excluding hydrogens is 236 g/mol. The lowest BCUT2D eigenvalue weighted by Gasteiger charge is -2.06. The average molecular weight is 250 g/mol. The van der Waals surface area contributed by atoms with E-state index >= 15 is 0 Å². The molecule has 0 atom stereocenters. The van der Waals surface area contributed by atoms with Crippen LogP contribution in [0.25, 0.3) is 11.0 Å². The molecule has 0 aliphatic carbocycles. The summed E-state index contributed by atoms with van der Waals surface area (Å²) in [6, 6.07) is 6.22. The van der Waals surface area contributed by atoms with E-state index in [4.69, 9.17) is 0 Å². The van der Waals surface area contributed by atoms with Gasteiger partial charge in [-0.2, -0.15) is 25.3 Å². The van der Waals surface area contributed by atoms with Gasteiger partial charge in [0.2, 0.25) is 0 Å². The lowest BCUT2D eigenvalue weighted by atomic mass is 10.1. The maximum atomic E-state index is 4.59. The molecule has 0 bridgehead atoms. The highest BCUT2D eigenvalue weighted by molar-refractivity contribution is 7.79. The maximum Gasteiger partial charge on any atom is 0.0893 e. The van der Waals surface area contributed by atoms with E-state index in [0.717, 1.165) is 28.8 Å². The number of aromatic nitrogens is 2. The molecule has 0 saturated carbocycles. The van der Waals surface area contributed by atoms with Gasteiger partial charge < -0.3 is 0 Å². The minimum atomic E-state index is 0.606. The van der Waals surface area contributed by atoms with Crippen LogP contribution in [0.5, 0.6) is 0 Å². The van der Waals surface area contributed by atoms with Gasteiger partial charge in [0.1, 0.15) is 0 Å². The van der Waals surface area contributed by atoms with Crippen molar-refractivity contribution in [3.05, 3.63) is 35.2 Å². The Kier molecular flexibility index (Phi) is 3.71. The number of thiol groups is 2. The third kappa shape index (κ3) is 2.18. The molecule has 0 unspecified atom stereocenters. The smallest absolute Gasteiger partial charge is 0.0893 e. The number of hydrogen-bond donors (Lipinski definition) is 2. The number of fused-ring (bicyclic) bond motifs is 1. The summed E-state index contributed by atoms with van der Waals surface area (Å²) in [6.07, 6.45) is 1.02. The molecule has 16 heavy (non-hydrogen) atoms. The van der Waals surface area contributed by atoms with Crippen LogP contribution >= 0.6 is 25.3 Å². The van der Waals surface area contributed by atoms with E-state index in [1.165, 1.54) is 5.56 Å². The van der Waals surface area contributed by atoms with E-state index in [-0.39, 0.29) is 0 Å². The number of benzene rings is 1. The molecule has 0 saturated heterocycles. The van der Waals surface area contributed by atoms with Gasteiger partial charge in [-0.15, -0.1) is 0 Å². The largest absolute Gasteiger partial charge is 0.248 e. The second-order valence-electron chi connectivity index (χ2n) is 3.61. The normalized spacial score (nSPS) is 10.9. The Hall–Kier alpha value is -0.740. The summed E-state index contributed by atoms with van der Waals surface area (Å²) < 4.78 is 0. The van der Waals surface area contributed by atoms with Crippen LogP contribution in [0.1, 0.15) is 23.9 Å². The maximum absolute atomic E-state index is 4.59. The van der Waals surface area contributed by atoms with Gasteiger partial charge in [0.05, 0.1) is 22.4 Å². The molecule has 0 aliphatic rings. The van der Waals surface area contributed by atoms with Crippen LogP contribution in [0.2, 0.25) is 0 Å². The Balaban J connectivity index is 2.63. The molecular formula is C12H14N2S2. The molecule has 0 radical (unpaired) electrons. The quantitative estimate of drug-likeness (QED) is 0.819. The van der Waals surface area contributed by atoms with Crippen molar-refractivity contribution >= 4 is 36.3 Å². The topological polar surface area (TPSA) is 25.8 Å². The fourth-order valence-electron chi connectivity index (χ4n) is 1.65. The highest BCUT2D eigenvalue weighted by atomic mass is 32.1. The molecule has 4 heteroatoms. The van der Waals surface area contributed by atoms with Gasteiger partial charge in [-0.3, -0.25) is 0 Å². The predicted octanol–water partition coefficient (Wildman–Crippen LogP) is 3.05. The molecule has 84 valence electrons. The van der Waals surface area contributed by atoms with Crippen molar-refractivity contribution in [2.24, 2.45) is 0 Å². The van der Waals surface area contributed by atoms with Crippen molar-refractivity contribution in [2.45, 2.75) is 24.9 Å². The van der Waals surface area contributed by atoms with Crippen molar-refractivity contribution in [1.29, 1.82) is 0 Å². The first-order chi connectivity index (χ1) is 7.78. The van der Waals surface area contributed by atoms with E-state index < -0.39 is 0 Å². The third-order valence-corrected chi connectivity index (χ3v) is 3.19. The Morgan fingerprint density at radius 2 is 1.62 bits per heavy atom. The molecule has 0 fully saturated rings. The van der Waals surface area contributed by atoms with Crippen molar-refractivity contribution < 1.29 is 0 Å². The summed E-state index contributed by atoms with van der Waals surface area (Å²) >= 11 is 8.53. The predicted molar refractivity (Wildman–Crippen MR) is 74.3 cm³/mol. The van der Waals surface area contributed by atoms with E-state index in [9.17, 15) is 0 Å². The van der Waals surface area contributed by atoms with Crippen LogP contribution in [-0.4, -0.2) is 9.97 Å². The fraction of sp³-hybridized carbons (Fsp3) is 0.333. The third-order valence-electron chi connectivity index (χ3n) is 2.59. The van der Waals surface area contributed by atoms with Gasteiger partial charge in [-0.25, -0.2) is 9.97 Å². The molecule has 0 spiro atoms. The molecule has 2 aromatic rings. The highest BCUT2D eigenvalue weighted by Gasteiger charge is 2.06. The highest BCUT2D eigenvalue weighted by Crippen LogP contribution is 2.17. The molecule has 2 rings (SSSR count). The first kappa shape index (κ1) is 11.7. The number of aryl methyl sites for hydroxylation is 1. The Morgan fingerprint density at radius 1 is 1.00 bits per heavy atom. The molecule has 1 heterocycles. The Labute approximate surface area is 106 Å². The summed E-state index contributed by atoms with van der Waals surface area (Å²) in [5, 5.41) is 0. The van der Waals surface area contributed by atoms with Gasteiger partial charge in [0.25, 0.3) is 0 Å². The minimum Gasteiger partial charge on any atom is -0.248 e. The van der Waals surface area contributed by atoms with Crippen LogP contribution < -0.4 is 0 Å². The van der Waals surface area contributed by atoms with E-state index in [1.807, 2.05) is 6.07 Å². The standard InChI is InChI=1S/C12H14N2S2/c1-2-8-3-4-9-10(5-8)14-12(7-16)11(6-15)13-9/h3-5,15-16H,2,6-7H2,1H3. The molecule has 0 N–H and O–H groups in total. The zero-order valence-corrected chi connectivity index (χ0v) is 10.9. The molecule has 0 aliphatic heterocycles. The van der Waals surface area contributed by atoms with E-state index in [2.05, 4.69) is 54.3 Å². The minimum absolute atomic E-state index is 0.606. The van der Waals surface area contributed by atoms with Crippen molar-refractivity contribution in [2.75, 3.05) is 0 Å². The molecule has 0 amide bonds. The van der Waals surface area contributed by atoms with Crippen molar-refractivity contribution in [3.63, 3.8) is 0 Å². The second kappa shape index (κ2) is 5.06. The zero-order valence-electron chi connectivity index (χ0n) is 9.14. The van der Waals surface area contributed by atoms with Crippen LogP contribution in [-0.2, 0) is 17.9 Å². The van der Waals surface area contributed by atoms with Crippen LogP contribution in [0.4, 0.5) is 0 Å². The van der Waals surface area contributed by atoms with E-state index in [1.54, 1.807) is 0 Å². The summed E-state index contributed by atoms with van der Waals surface area (Å²) in [5.74, 6) is 1.21. The van der Waals surface area contributed by atoms with Gasteiger partial charge >= 0.3 is 0 Å². The number of hydrogen-bond acceptors (Lipinski definition) is 4.